The van der Waals surface area contributed by atoms with E-state index in [-0.39, 0.29) is 5.91 Å². The number of nitrogens with one attached hydrogen (secondary N) is 1. The van der Waals surface area contributed by atoms with E-state index in [2.05, 4.69) is 22.0 Å². The maximum atomic E-state index is 12.2. The molecule has 3 aliphatic heterocycles. The highest BCUT2D eigenvalue weighted by atomic mass is 16.1. The predicted molar refractivity (Wildman–Crippen MR) is 80.1 cm³/mol. The Kier molecular flexibility index (Phi) is 3.76. The van der Waals surface area contributed by atoms with Crippen molar-refractivity contribution in [1.29, 1.82) is 0 Å². The highest BCUT2D eigenvalue weighted by Gasteiger charge is 2.31. The molecule has 1 aromatic rings. The summed E-state index contributed by atoms with van der Waals surface area (Å²) in [7, 11) is 0. The minimum Gasteiger partial charge on any atom is -0.350 e. The first kappa shape index (κ1) is 13.6. The van der Waals surface area contributed by atoms with Gasteiger partial charge in [0.05, 0.1) is 0 Å². The van der Waals surface area contributed by atoms with E-state index in [1.54, 1.807) is 0 Å². The molecule has 1 aromatic carbocycles. The van der Waals surface area contributed by atoms with Gasteiger partial charge in [0.15, 0.2) is 0 Å². The number of benzene rings is 1. The number of carbonyl (C=O) groups is 1. The topological polar surface area (TPSA) is 35.6 Å². The van der Waals surface area contributed by atoms with Gasteiger partial charge < -0.3 is 5.32 Å². The summed E-state index contributed by atoms with van der Waals surface area (Å²) < 4.78 is 0. The van der Waals surface area contributed by atoms with Crippen LogP contribution in [0.5, 0.6) is 0 Å². The summed E-state index contributed by atoms with van der Waals surface area (Å²) in [4.78, 5) is 17.2. The summed E-state index contributed by atoms with van der Waals surface area (Å²) in [6, 6.07) is 6.38. The molecule has 0 aromatic heterocycles. The molecule has 2 bridgehead atoms. The van der Waals surface area contributed by atoms with E-state index >= 15 is 0 Å². The molecule has 3 aliphatic rings. The minimum absolute atomic E-state index is 0.0470. The van der Waals surface area contributed by atoms with Crippen LogP contribution in [0.2, 0.25) is 0 Å². The van der Waals surface area contributed by atoms with Gasteiger partial charge in [0.1, 0.15) is 0 Å². The first-order valence-corrected chi connectivity index (χ1v) is 7.45. The zero-order valence-corrected chi connectivity index (χ0v) is 12.4. The van der Waals surface area contributed by atoms with Crippen molar-refractivity contribution in [2.45, 2.75) is 19.9 Å². The van der Waals surface area contributed by atoms with Crippen molar-refractivity contribution in [1.82, 2.24) is 15.1 Å². The average Bonchev–Trinajstić information content (AvgIpc) is 2.49. The van der Waals surface area contributed by atoms with Gasteiger partial charge in [0.25, 0.3) is 5.91 Å². The van der Waals surface area contributed by atoms with Crippen LogP contribution in [0.15, 0.2) is 18.2 Å². The fourth-order valence-corrected chi connectivity index (χ4v) is 3.11. The SMILES string of the molecule is Cc1ccc(C(=O)NCC2CN3CCN2CC3)cc1C. The molecular weight excluding hydrogens is 250 g/mol. The van der Waals surface area contributed by atoms with Gasteiger partial charge in [0, 0.05) is 50.9 Å². The Morgan fingerprint density at radius 3 is 2.55 bits per heavy atom. The lowest BCUT2D eigenvalue weighted by atomic mass is 10.1. The molecule has 1 amide bonds. The van der Waals surface area contributed by atoms with Gasteiger partial charge in [-0.05, 0) is 37.1 Å². The highest BCUT2D eigenvalue weighted by Crippen LogP contribution is 2.15. The van der Waals surface area contributed by atoms with Gasteiger partial charge in [-0.25, -0.2) is 0 Å². The predicted octanol–water partition coefficient (Wildman–Crippen LogP) is 1.03. The van der Waals surface area contributed by atoms with Gasteiger partial charge in [-0.1, -0.05) is 6.07 Å². The fourth-order valence-electron chi connectivity index (χ4n) is 3.11. The normalized spacial score (nSPS) is 28.4. The van der Waals surface area contributed by atoms with Crippen LogP contribution in [0.25, 0.3) is 0 Å². The highest BCUT2D eigenvalue weighted by molar-refractivity contribution is 5.94. The number of amides is 1. The van der Waals surface area contributed by atoms with E-state index in [1.165, 1.54) is 24.2 Å². The minimum atomic E-state index is 0.0470. The molecule has 1 unspecified atom stereocenters. The lowest BCUT2D eigenvalue weighted by Gasteiger charge is -2.47. The standard InChI is InChI=1S/C16H23N3O/c1-12-3-4-14(9-13(12)2)16(20)17-10-15-11-18-5-7-19(15)8-6-18/h3-4,9,15H,5-8,10-11H2,1-2H3,(H,17,20). The first-order valence-electron chi connectivity index (χ1n) is 7.45. The Bertz CT molecular complexity index is 506. The molecule has 108 valence electrons. The first-order chi connectivity index (χ1) is 9.63. The van der Waals surface area contributed by atoms with E-state index in [0.29, 0.717) is 6.04 Å². The van der Waals surface area contributed by atoms with Gasteiger partial charge in [0.2, 0.25) is 0 Å². The van der Waals surface area contributed by atoms with Gasteiger partial charge in [-0.3, -0.25) is 14.6 Å². The molecule has 3 saturated heterocycles. The summed E-state index contributed by atoms with van der Waals surface area (Å²) in [5.74, 6) is 0.0470. The Balaban J connectivity index is 1.58. The third kappa shape index (κ3) is 2.72. The van der Waals surface area contributed by atoms with E-state index < -0.39 is 0 Å². The van der Waals surface area contributed by atoms with Crippen LogP contribution >= 0.6 is 0 Å². The smallest absolute Gasteiger partial charge is 0.251 e. The molecule has 1 N–H and O–H groups in total. The second-order valence-electron chi connectivity index (χ2n) is 6.00. The van der Waals surface area contributed by atoms with Crippen LogP contribution in [0.1, 0.15) is 21.5 Å². The van der Waals surface area contributed by atoms with Gasteiger partial charge >= 0.3 is 0 Å². The Morgan fingerprint density at radius 2 is 1.95 bits per heavy atom. The van der Waals surface area contributed by atoms with Crippen molar-refractivity contribution in [2.75, 3.05) is 39.3 Å². The molecule has 4 heteroatoms. The number of carbonyl (C=O) groups excluding carboxylic acids is 1. The van der Waals surface area contributed by atoms with E-state index in [4.69, 9.17) is 0 Å². The third-order valence-electron chi connectivity index (χ3n) is 4.66. The lowest BCUT2D eigenvalue weighted by molar-refractivity contribution is 0.0138. The number of piperazine rings is 3. The molecule has 0 radical (unpaired) electrons. The molecule has 0 spiro atoms. The molecule has 4 rings (SSSR count). The van der Waals surface area contributed by atoms with Crippen molar-refractivity contribution in [3.63, 3.8) is 0 Å². The van der Waals surface area contributed by atoms with Crippen LogP contribution in [0.4, 0.5) is 0 Å². The Labute approximate surface area is 120 Å². The number of hydrogen-bond donors (Lipinski definition) is 1. The van der Waals surface area contributed by atoms with Crippen LogP contribution < -0.4 is 5.32 Å². The molecule has 3 heterocycles. The maximum absolute atomic E-state index is 12.2. The zero-order valence-electron chi connectivity index (χ0n) is 12.4. The van der Waals surface area contributed by atoms with Crippen molar-refractivity contribution in [3.05, 3.63) is 34.9 Å². The number of nitrogens with zero attached hydrogens (tertiary/aromatic N) is 2. The molecule has 0 saturated carbocycles. The van der Waals surface area contributed by atoms with E-state index in [9.17, 15) is 4.79 Å². The molecular formula is C16H23N3O. The Hall–Kier alpha value is -1.39. The van der Waals surface area contributed by atoms with Crippen molar-refractivity contribution in [3.8, 4) is 0 Å². The molecule has 0 aliphatic carbocycles. The van der Waals surface area contributed by atoms with E-state index in [1.807, 2.05) is 25.1 Å². The van der Waals surface area contributed by atoms with Crippen molar-refractivity contribution in [2.24, 2.45) is 0 Å². The second-order valence-corrected chi connectivity index (χ2v) is 6.00. The number of fused-ring (bicyclic) bond motifs is 3. The summed E-state index contributed by atoms with van der Waals surface area (Å²) >= 11 is 0. The molecule has 4 nitrogen and oxygen atoms in total. The van der Waals surface area contributed by atoms with Crippen LogP contribution in [0.3, 0.4) is 0 Å². The summed E-state index contributed by atoms with van der Waals surface area (Å²) in [5, 5.41) is 3.09. The van der Waals surface area contributed by atoms with Crippen molar-refractivity contribution < 1.29 is 4.79 Å². The monoisotopic (exact) mass is 273 g/mol. The van der Waals surface area contributed by atoms with Crippen LogP contribution in [0, 0.1) is 13.8 Å². The summed E-state index contributed by atoms with van der Waals surface area (Å²) in [6.45, 7) is 10.6. The largest absolute Gasteiger partial charge is 0.350 e. The third-order valence-corrected chi connectivity index (χ3v) is 4.66. The number of rotatable bonds is 3. The summed E-state index contributed by atoms with van der Waals surface area (Å²) in [6.07, 6.45) is 0. The number of aryl methyl sites for hydroxylation is 2. The Morgan fingerprint density at radius 1 is 1.20 bits per heavy atom. The lowest BCUT2D eigenvalue weighted by Crippen LogP contribution is -2.63. The van der Waals surface area contributed by atoms with Crippen LogP contribution in [-0.4, -0.2) is 61.0 Å². The number of hydrogen-bond acceptors (Lipinski definition) is 3. The van der Waals surface area contributed by atoms with E-state index in [0.717, 1.165) is 31.7 Å². The van der Waals surface area contributed by atoms with Crippen molar-refractivity contribution >= 4 is 5.91 Å². The average molecular weight is 273 g/mol. The molecule has 20 heavy (non-hydrogen) atoms. The molecule has 1 atom stereocenters. The van der Waals surface area contributed by atoms with Gasteiger partial charge in [-0.15, -0.1) is 0 Å². The summed E-state index contributed by atoms with van der Waals surface area (Å²) in [5.41, 5.74) is 3.17. The maximum Gasteiger partial charge on any atom is 0.251 e. The second kappa shape index (κ2) is 5.54. The van der Waals surface area contributed by atoms with Gasteiger partial charge in [-0.2, -0.15) is 0 Å². The van der Waals surface area contributed by atoms with Crippen LogP contribution in [-0.2, 0) is 0 Å². The zero-order chi connectivity index (χ0) is 14.1. The fraction of sp³-hybridized carbons (Fsp3) is 0.562. The quantitative estimate of drug-likeness (QED) is 0.893. The molecule has 3 fully saturated rings.